The third-order valence-corrected chi connectivity index (χ3v) is 2.11. The average Bonchev–Trinajstić information content (AvgIpc) is 2.11. The first kappa shape index (κ1) is 13.7. The van der Waals surface area contributed by atoms with E-state index in [9.17, 15) is 5.11 Å². The molecule has 0 aromatic carbocycles. The molecule has 0 fully saturated rings. The summed E-state index contributed by atoms with van der Waals surface area (Å²) in [6.45, 7) is 4.09. The molecule has 0 radical (unpaired) electrons. The monoisotopic (exact) mass is 215 g/mol. The average molecular weight is 215 g/mol. The second kappa shape index (κ2) is 6.23. The minimum absolute atomic E-state index is 0.0172. The maximum atomic E-state index is 9.18. The Labute approximate surface area is 90.5 Å². The maximum absolute atomic E-state index is 9.18. The normalized spacial score (nSPS) is 12.3. The van der Waals surface area contributed by atoms with E-state index in [0.717, 1.165) is 6.42 Å². The van der Waals surface area contributed by atoms with Crippen molar-refractivity contribution in [1.82, 2.24) is 10.2 Å². The summed E-state index contributed by atoms with van der Waals surface area (Å²) >= 11 is 0. The van der Waals surface area contributed by atoms with Crippen molar-refractivity contribution in [3.8, 4) is 0 Å². The molecule has 0 saturated carbocycles. The van der Waals surface area contributed by atoms with Crippen molar-refractivity contribution in [2.24, 2.45) is 11.7 Å². The molecule has 0 rings (SSSR count). The molecule has 0 heterocycles. The first-order valence-electron chi connectivity index (χ1n) is 4.91. The number of aliphatic hydroxyl groups excluding tert-OH is 1. The smallest absolute Gasteiger partial charge is 0.197 e. The molecule has 0 aliphatic carbocycles. The van der Waals surface area contributed by atoms with E-state index in [2.05, 4.69) is 19.2 Å². The topological polar surface area (TPSA) is 109 Å². The van der Waals surface area contributed by atoms with Crippen LogP contribution in [0.5, 0.6) is 0 Å². The molecular formula is C9H21N5O. The summed E-state index contributed by atoms with van der Waals surface area (Å²) in [6.07, 6.45) is 0.787. The lowest BCUT2D eigenvalue weighted by Crippen LogP contribution is -2.49. The Morgan fingerprint density at radius 3 is 2.33 bits per heavy atom. The molecule has 6 nitrogen and oxygen atoms in total. The van der Waals surface area contributed by atoms with Gasteiger partial charge in [-0.15, -0.1) is 0 Å². The Hall–Kier alpha value is -1.30. The van der Waals surface area contributed by atoms with Crippen molar-refractivity contribution in [2.75, 3.05) is 13.7 Å². The molecule has 0 aromatic rings. The lowest BCUT2D eigenvalue weighted by molar-refractivity contribution is 0.175. The molecule has 6 N–H and O–H groups in total. The fourth-order valence-electron chi connectivity index (χ4n) is 1.30. The SMILES string of the molecule is CC(C)CC(CO)N(C)C(=N)NC(=N)N. The lowest BCUT2D eigenvalue weighted by Gasteiger charge is -2.29. The molecule has 0 bridgehead atoms. The van der Waals surface area contributed by atoms with Crippen LogP contribution in [0, 0.1) is 16.7 Å². The summed E-state index contributed by atoms with van der Waals surface area (Å²) in [5, 5.41) is 26.1. The molecule has 0 saturated heterocycles. The highest BCUT2D eigenvalue weighted by Gasteiger charge is 2.17. The molecule has 6 heteroatoms. The van der Waals surface area contributed by atoms with Gasteiger partial charge in [0, 0.05) is 7.05 Å². The number of hydrogen-bond donors (Lipinski definition) is 5. The maximum Gasteiger partial charge on any atom is 0.197 e. The van der Waals surface area contributed by atoms with E-state index in [1.54, 1.807) is 11.9 Å². The van der Waals surface area contributed by atoms with E-state index in [-0.39, 0.29) is 24.6 Å². The predicted molar refractivity (Wildman–Crippen MR) is 60.9 cm³/mol. The molecular weight excluding hydrogens is 194 g/mol. The first-order chi connectivity index (χ1) is 6.88. The van der Waals surface area contributed by atoms with Gasteiger partial charge in [0.1, 0.15) is 0 Å². The van der Waals surface area contributed by atoms with E-state index < -0.39 is 0 Å². The summed E-state index contributed by atoms with van der Waals surface area (Å²) in [5.41, 5.74) is 5.12. The summed E-state index contributed by atoms with van der Waals surface area (Å²) < 4.78 is 0. The Morgan fingerprint density at radius 2 is 2.00 bits per heavy atom. The Bertz CT molecular complexity index is 229. The van der Waals surface area contributed by atoms with E-state index in [1.165, 1.54) is 0 Å². The Kier molecular flexibility index (Phi) is 5.69. The molecule has 0 amide bonds. The minimum Gasteiger partial charge on any atom is -0.394 e. The van der Waals surface area contributed by atoms with Crippen LogP contribution in [0.1, 0.15) is 20.3 Å². The quantitative estimate of drug-likeness (QED) is 0.329. The van der Waals surface area contributed by atoms with Gasteiger partial charge in [-0.2, -0.15) is 0 Å². The standard InChI is InChI=1S/C9H21N5O/c1-6(2)4-7(5-15)14(3)9(12)13-8(10)11/h6-7,15H,4-5H2,1-3H3,(H5,10,11,12,13). The largest absolute Gasteiger partial charge is 0.394 e. The third kappa shape index (κ3) is 5.21. The summed E-state index contributed by atoms with van der Waals surface area (Å²) in [6, 6.07) is -0.121. The van der Waals surface area contributed by atoms with Crippen molar-refractivity contribution in [2.45, 2.75) is 26.3 Å². The van der Waals surface area contributed by atoms with Gasteiger partial charge in [0.05, 0.1) is 12.6 Å². The molecule has 1 unspecified atom stereocenters. The number of nitrogens with two attached hydrogens (primary N) is 1. The molecule has 0 spiro atoms. The second-order valence-corrected chi connectivity index (χ2v) is 3.96. The van der Waals surface area contributed by atoms with Gasteiger partial charge >= 0.3 is 0 Å². The number of rotatable bonds is 4. The van der Waals surface area contributed by atoms with Crippen molar-refractivity contribution < 1.29 is 5.11 Å². The van der Waals surface area contributed by atoms with Gasteiger partial charge in [0.2, 0.25) is 0 Å². The van der Waals surface area contributed by atoms with Crippen LogP contribution in [-0.4, -0.2) is 41.6 Å². The summed E-state index contributed by atoms with van der Waals surface area (Å²) in [7, 11) is 1.70. The van der Waals surface area contributed by atoms with Crippen LogP contribution in [0.2, 0.25) is 0 Å². The number of guanidine groups is 2. The van der Waals surface area contributed by atoms with Crippen molar-refractivity contribution in [1.29, 1.82) is 10.8 Å². The molecule has 15 heavy (non-hydrogen) atoms. The number of aliphatic hydroxyl groups is 1. The molecule has 0 aromatic heterocycles. The number of nitrogens with zero attached hydrogens (tertiary/aromatic N) is 1. The molecule has 88 valence electrons. The van der Waals surface area contributed by atoms with Gasteiger partial charge in [0.15, 0.2) is 11.9 Å². The zero-order valence-corrected chi connectivity index (χ0v) is 9.54. The highest BCUT2D eigenvalue weighted by molar-refractivity contribution is 5.94. The van der Waals surface area contributed by atoms with Crippen LogP contribution in [0.4, 0.5) is 0 Å². The fraction of sp³-hybridized carbons (Fsp3) is 0.778. The van der Waals surface area contributed by atoms with Crippen molar-refractivity contribution in [3.63, 3.8) is 0 Å². The number of hydrogen-bond acceptors (Lipinski definition) is 3. The third-order valence-electron chi connectivity index (χ3n) is 2.11. The summed E-state index contributed by atoms with van der Waals surface area (Å²) in [4.78, 5) is 1.58. The van der Waals surface area contributed by atoms with Gasteiger partial charge < -0.3 is 15.7 Å². The second-order valence-electron chi connectivity index (χ2n) is 3.96. The fourth-order valence-corrected chi connectivity index (χ4v) is 1.30. The molecule has 0 aliphatic heterocycles. The van der Waals surface area contributed by atoms with Crippen LogP contribution in [0.15, 0.2) is 0 Å². The van der Waals surface area contributed by atoms with Gasteiger partial charge in [-0.25, -0.2) is 0 Å². The van der Waals surface area contributed by atoms with Gasteiger partial charge in [-0.3, -0.25) is 16.1 Å². The lowest BCUT2D eigenvalue weighted by atomic mass is 10.0. The van der Waals surface area contributed by atoms with Crippen LogP contribution >= 0.6 is 0 Å². The summed E-state index contributed by atoms with van der Waals surface area (Å²) in [5.74, 6) is 0.199. The van der Waals surface area contributed by atoms with Gasteiger partial charge in [0.25, 0.3) is 0 Å². The Morgan fingerprint density at radius 1 is 1.47 bits per heavy atom. The van der Waals surface area contributed by atoms with Crippen LogP contribution < -0.4 is 11.1 Å². The Balaban J connectivity index is 4.30. The van der Waals surface area contributed by atoms with Gasteiger partial charge in [-0.1, -0.05) is 13.8 Å². The zero-order chi connectivity index (χ0) is 12.0. The van der Waals surface area contributed by atoms with Crippen LogP contribution in [0.25, 0.3) is 0 Å². The van der Waals surface area contributed by atoms with Gasteiger partial charge in [-0.05, 0) is 12.3 Å². The molecule has 1 atom stereocenters. The highest BCUT2D eigenvalue weighted by atomic mass is 16.3. The van der Waals surface area contributed by atoms with E-state index >= 15 is 0 Å². The van der Waals surface area contributed by atoms with Crippen LogP contribution in [0.3, 0.4) is 0 Å². The zero-order valence-electron chi connectivity index (χ0n) is 9.54. The van der Waals surface area contributed by atoms with Crippen molar-refractivity contribution in [3.05, 3.63) is 0 Å². The van der Waals surface area contributed by atoms with Crippen molar-refractivity contribution >= 4 is 11.9 Å². The van der Waals surface area contributed by atoms with E-state index in [4.69, 9.17) is 16.6 Å². The number of nitrogens with one attached hydrogen (secondary N) is 3. The highest BCUT2D eigenvalue weighted by Crippen LogP contribution is 2.09. The minimum atomic E-state index is -0.270. The predicted octanol–water partition coefficient (Wildman–Crippen LogP) is -0.257. The first-order valence-corrected chi connectivity index (χ1v) is 4.91. The number of likely N-dealkylation sites (N-methyl/N-ethyl adjacent to an activating group) is 1. The molecule has 0 aliphatic rings. The van der Waals surface area contributed by atoms with E-state index in [0.29, 0.717) is 5.92 Å². The van der Waals surface area contributed by atoms with E-state index in [1.807, 2.05) is 0 Å². The van der Waals surface area contributed by atoms with Crippen LogP contribution in [-0.2, 0) is 0 Å².